The Hall–Kier alpha value is -1.80. The second-order valence-corrected chi connectivity index (χ2v) is 6.60. The summed E-state index contributed by atoms with van der Waals surface area (Å²) in [5.41, 5.74) is 3.93. The fourth-order valence-corrected chi connectivity index (χ4v) is 3.54. The Morgan fingerprint density at radius 1 is 0.957 bits per heavy atom. The molecule has 0 amide bonds. The fourth-order valence-electron chi connectivity index (χ4n) is 3.54. The van der Waals surface area contributed by atoms with E-state index in [4.69, 9.17) is 0 Å². The van der Waals surface area contributed by atoms with E-state index in [1.807, 2.05) is 6.07 Å². The van der Waals surface area contributed by atoms with E-state index in [9.17, 15) is 5.11 Å². The van der Waals surface area contributed by atoms with Crippen LogP contribution in [0.3, 0.4) is 0 Å². The Morgan fingerprint density at radius 2 is 1.83 bits per heavy atom. The highest BCUT2D eigenvalue weighted by Gasteiger charge is 2.19. The zero-order valence-corrected chi connectivity index (χ0v) is 13.8. The van der Waals surface area contributed by atoms with Crippen LogP contribution in [-0.4, -0.2) is 17.7 Å². The molecule has 1 atom stereocenters. The maximum atomic E-state index is 9.89. The summed E-state index contributed by atoms with van der Waals surface area (Å²) in [6.45, 7) is 1.10. The van der Waals surface area contributed by atoms with Crippen molar-refractivity contribution in [2.75, 3.05) is 6.54 Å². The molecule has 2 nitrogen and oxygen atoms in total. The summed E-state index contributed by atoms with van der Waals surface area (Å²) >= 11 is 0. The van der Waals surface area contributed by atoms with E-state index in [-0.39, 0.29) is 0 Å². The molecule has 2 aromatic carbocycles. The van der Waals surface area contributed by atoms with Gasteiger partial charge in [0.15, 0.2) is 0 Å². The number of fused-ring (bicyclic) bond motifs is 1. The summed E-state index contributed by atoms with van der Waals surface area (Å²) in [5.74, 6) is 0.474. The number of benzene rings is 2. The van der Waals surface area contributed by atoms with Crippen molar-refractivity contribution >= 4 is 0 Å². The monoisotopic (exact) mass is 309 g/mol. The van der Waals surface area contributed by atoms with Gasteiger partial charge in [-0.25, -0.2) is 0 Å². The van der Waals surface area contributed by atoms with E-state index < -0.39 is 0 Å². The average Bonchev–Trinajstić information content (AvgIpc) is 2.59. The van der Waals surface area contributed by atoms with E-state index in [1.165, 1.54) is 36.8 Å². The summed E-state index contributed by atoms with van der Waals surface area (Å²) in [7, 11) is 0. The summed E-state index contributed by atoms with van der Waals surface area (Å²) in [4.78, 5) is 0. The zero-order chi connectivity index (χ0) is 15.9. The molecule has 0 bridgehead atoms. The summed E-state index contributed by atoms with van der Waals surface area (Å²) < 4.78 is 0. The molecule has 2 N–H and O–H groups in total. The lowest BCUT2D eigenvalue weighted by molar-refractivity contribution is 0.427. The molecule has 0 heterocycles. The molecule has 0 fully saturated rings. The van der Waals surface area contributed by atoms with Crippen LogP contribution in [0.2, 0.25) is 0 Å². The van der Waals surface area contributed by atoms with Crippen LogP contribution in [0.25, 0.3) is 0 Å². The molecule has 0 radical (unpaired) electrons. The number of rotatable bonds is 7. The van der Waals surface area contributed by atoms with E-state index in [1.54, 1.807) is 6.07 Å². The standard InChI is InChI=1S/C21H27NO/c23-21-12-7-11-18-16-19(13-14-20(18)21)22-15-6-2-5-10-17-8-3-1-4-9-17/h1,3-4,7-9,11-12,19,22-23H,2,5-6,10,13-16H2. The first kappa shape index (κ1) is 16.1. The van der Waals surface area contributed by atoms with Crippen LogP contribution in [0.4, 0.5) is 0 Å². The first-order valence-corrected chi connectivity index (χ1v) is 8.90. The van der Waals surface area contributed by atoms with Crippen molar-refractivity contribution in [1.82, 2.24) is 5.32 Å². The lowest BCUT2D eigenvalue weighted by atomic mass is 9.87. The number of hydrogen-bond donors (Lipinski definition) is 2. The third-order valence-corrected chi connectivity index (χ3v) is 4.88. The van der Waals surface area contributed by atoms with Gasteiger partial charge in [-0.15, -0.1) is 0 Å². The van der Waals surface area contributed by atoms with Gasteiger partial charge in [-0.1, -0.05) is 48.9 Å². The molecule has 1 aliphatic rings. The molecule has 3 rings (SSSR count). The third kappa shape index (κ3) is 4.59. The van der Waals surface area contributed by atoms with Crippen molar-refractivity contribution < 1.29 is 5.11 Å². The highest BCUT2D eigenvalue weighted by molar-refractivity contribution is 5.41. The smallest absolute Gasteiger partial charge is 0.119 e. The van der Waals surface area contributed by atoms with Gasteiger partial charge in [0.1, 0.15) is 5.75 Å². The largest absolute Gasteiger partial charge is 0.508 e. The van der Waals surface area contributed by atoms with Crippen molar-refractivity contribution in [3.63, 3.8) is 0 Å². The minimum Gasteiger partial charge on any atom is -0.508 e. The topological polar surface area (TPSA) is 32.3 Å². The molecule has 23 heavy (non-hydrogen) atoms. The molecule has 2 aromatic rings. The lowest BCUT2D eigenvalue weighted by Gasteiger charge is -2.26. The number of nitrogens with one attached hydrogen (secondary N) is 1. The SMILES string of the molecule is Oc1cccc2c1CCC(NCCCCCc1ccccc1)C2. The summed E-state index contributed by atoms with van der Waals surface area (Å²) in [6, 6.07) is 17.2. The Labute approximate surface area is 139 Å². The van der Waals surface area contributed by atoms with Crippen LogP contribution in [0, 0.1) is 0 Å². The Morgan fingerprint density at radius 3 is 2.70 bits per heavy atom. The molecular formula is C21H27NO. The van der Waals surface area contributed by atoms with Crippen LogP contribution >= 0.6 is 0 Å². The highest BCUT2D eigenvalue weighted by atomic mass is 16.3. The van der Waals surface area contributed by atoms with Crippen LogP contribution in [-0.2, 0) is 19.3 Å². The van der Waals surface area contributed by atoms with Gasteiger partial charge in [0, 0.05) is 6.04 Å². The van der Waals surface area contributed by atoms with Crippen molar-refractivity contribution in [2.24, 2.45) is 0 Å². The van der Waals surface area contributed by atoms with Crippen molar-refractivity contribution in [3.05, 3.63) is 65.2 Å². The predicted molar refractivity (Wildman–Crippen MR) is 95.9 cm³/mol. The number of phenolic OH excluding ortho intramolecular Hbond substituents is 1. The first-order valence-electron chi connectivity index (χ1n) is 8.90. The van der Waals surface area contributed by atoms with E-state index in [0.717, 1.165) is 31.4 Å². The normalized spacial score (nSPS) is 17.0. The van der Waals surface area contributed by atoms with Gasteiger partial charge in [-0.05, 0) is 67.8 Å². The number of unbranched alkanes of at least 4 members (excludes halogenated alkanes) is 2. The average molecular weight is 309 g/mol. The number of hydrogen-bond acceptors (Lipinski definition) is 2. The van der Waals surface area contributed by atoms with Crippen LogP contribution in [0.5, 0.6) is 5.75 Å². The van der Waals surface area contributed by atoms with Gasteiger partial charge in [0.05, 0.1) is 0 Å². The molecule has 0 saturated carbocycles. The summed E-state index contributed by atoms with van der Waals surface area (Å²) in [6.07, 6.45) is 8.17. The molecule has 0 aliphatic heterocycles. The lowest BCUT2D eigenvalue weighted by Crippen LogP contribution is -2.35. The van der Waals surface area contributed by atoms with Crippen molar-refractivity contribution in [1.29, 1.82) is 0 Å². The second kappa shape index (κ2) is 8.16. The molecule has 1 aliphatic carbocycles. The quantitative estimate of drug-likeness (QED) is 0.749. The molecule has 1 unspecified atom stereocenters. The molecular weight excluding hydrogens is 282 g/mol. The highest BCUT2D eigenvalue weighted by Crippen LogP contribution is 2.28. The minimum atomic E-state index is 0.474. The number of phenols is 1. The predicted octanol–water partition coefficient (Wildman–Crippen LogP) is 4.25. The van der Waals surface area contributed by atoms with Gasteiger partial charge in [0.25, 0.3) is 0 Å². The van der Waals surface area contributed by atoms with Crippen molar-refractivity contribution in [2.45, 2.75) is 51.0 Å². The Kier molecular flexibility index (Phi) is 5.71. The molecule has 0 spiro atoms. The molecule has 122 valence electrons. The van der Waals surface area contributed by atoms with Crippen LogP contribution in [0.1, 0.15) is 42.4 Å². The Bertz CT molecular complexity index is 608. The van der Waals surface area contributed by atoms with E-state index in [2.05, 4.69) is 41.7 Å². The maximum Gasteiger partial charge on any atom is 0.119 e. The maximum absolute atomic E-state index is 9.89. The number of aryl methyl sites for hydroxylation is 1. The first-order chi connectivity index (χ1) is 11.3. The van der Waals surface area contributed by atoms with Gasteiger partial charge in [0.2, 0.25) is 0 Å². The minimum absolute atomic E-state index is 0.474. The molecule has 2 heteroatoms. The fraction of sp³-hybridized carbons (Fsp3) is 0.429. The van der Waals surface area contributed by atoms with E-state index >= 15 is 0 Å². The molecule has 0 aromatic heterocycles. The zero-order valence-electron chi connectivity index (χ0n) is 13.8. The second-order valence-electron chi connectivity index (χ2n) is 6.60. The van der Waals surface area contributed by atoms with E-state index in [0.29, 0.717) is 11.8 Å². The van der Waals surface area contributed by atoms with Gasteiger partial charge >= 0.3 is 0 Å². The Balaban J connectivity index is 1.33. The third-order valence-electron chi connectivity index (χ3n) is 4.88. The van der Waals surface area contributed by atoms with Gasteiger partial charge in [-0.2, -0.15) is 0 Å². The van der Waals surface area contributed by atoms with Gasteiger partial charge in [-0.3, -0.25) is 0 Å². The molecule has 0 saturated heterocycles. The van der Waals surface area contributed by atoms with Gasteiger partial charge < -0.3 is 10.4 Å². The van der Waals surface area contributed by atoms with Crippen LogP contribution in [0.15, 0.2) is 48.5 Å². The summed E-state index contributed by atoms with van der Waals surface area (Å²) in [5, 5.41) is 13.6. The van der Waals surface area contributed by atoms with Crippen molar-refractivity contribution in [3.8, 4) is 5.75 Å². The number of aromatic hydroxyl groups is 1. The van der Waals surface area contributed by atoms with Crippen LogP contribution < -0.4 is 5.32 Å².